The number of ether oxygens (including phenoxy) is 2. The van der Waals surface area contributed by atoms with Gasteiger partial charge in [-0.15, -0.1) is 5.10 Å². The number of rotatable bonds is 4. The summed E-state index contributed by atoms with van der Waals surface area (Å²) in [6.45, 7) is 7.38. The number of carbonyl (C=O) groups excluding carboxylic acids is 2. The lowest BCUT2D eigenvalue weighted by atomic mass is 10.2. The van der Waals surface area contributed by atoms with E-state index in [1.807, 2.05) is 4.90 Å². The smallest absolute Gasteiger partial charge is 0.409 e. The van der Waals surface area contributed by atoms with E-state index < -0.39 is 5.97 Å². The Balaban J connectivity index is 1.87. The van der Waals surface area contributed by atoms with Crippen molar-refractivity contribution in [1.29, 1.82) is 0 Å². The number of aromatic amines is 1. The Morgan fingerprint density at radius 2 is 1.78 bits per heavy atom. The summed E-state index contributed by atoms with van der Waals surface area (Å²) in [7, 11) is 0. The number of amides is 1. The van der Waals surface area contributed by atoms with Crippen LogP contribution in [0.3, 0.4) is 0 Å². The van der Waals surface area contributed by atoms with Gasteiger partial charge in [-0.2, -0.15) is 0 Å². The second kappa shape index (κ2) is 7.64. The number of nitrogens with zero attached hydrogens (tertiary/aromatic N) is 5. The first-order valence-electron chi connectivity index (χ1n) is 8.79. The molecular formula is C16H22N6O5. The van der Waals surface area contributed by atoms with Crippen molar-refractivity contribution >= 4 is 23.8 Å². The number of nitrogens with one attached hydrogen (secondary N) is 1. The third-order valence-electron chi connectivity index (χ3n) is 4.32. The van der Waals surface area contributed by atoms with Crippen molar-refractivity contribution in [2.24, 2.45) is 0 Å². The van der Waals surface area contributed by atoms with Gasteiger partial charge < -0.3 is 19.3 Å². The van der Waals surface area contributed by atoms with Crippen LogP contribution in [-0.2, 0) is 9.47 Å². The first kappa shape index (κ1) is 18.7. The van der Waals surface area contributed by atoms with Gasteiger partial charge in [-0.1, -0.05) is 0 Å². The van der Waals surface area contributed by atoms with E-state index >= 15 is 0 Å². The largest absolute Gasteiger partial charge is 0.461 e. The standard InChI is InChI=1S/C16H22N6O5/c1-4-26-13(24)11-10(3)12(23)22-14(17-11)18-19-15(22)20-6-8-21(9-7-20)16(25)27-5-2/h4-9H2,1-3H3,(H,17,18). The highest BCUT2D eigenvalue weighted by Gasteiger charge is 2.26. The maximum Gasteiger partial charge on any atom is 0.409 e. The van der Waals surface area contributed by atoms with Crippen LogP contribution >= 0.6 is 0 Å². The minimum atomic E-state index is -0.645. The number of fused-ring (bicyclic) bond motifs is 1. The fourth-order valence-electron chi connectivity index (χ4n) is 2.93. The van der Waals surface area contributed by atoms with Gasteiger partial charge in [0, 0.05) is 31.7 Å². The molecule has 1 fully saturated rings. The van der Waals surface area contributed by atoms with E-state index in [1.54, 1.807) is 18.7 Å². The number of hydrogen-bond donors (Lipinski definition) is 1. The lowest BCUT2D eigenvalue weighted by Crippen LogP contribution is -2.49. The van der Waals surface area contributed by atoms with Gasteiger partial charge in [0.15, 0.2) is 5.69 Å². The number of anilines is 1. The van der Waals surface area contributed by atoms with E-state index in [1.165, 1.54) is 11.3 Å². The summed E-state index contributed by atoms with van der Waals surface area (Å²) in [6, 6.07) is 0. The molecule has 27 heavy (non-hydrogen) atoms. The van der Waals surface area contributed by atoms with E-state index in [0.717, 1.165) is 0 Å². The highest BCUT2D eigenvalue weighted by molar-refractivity contribution is 5.89. The van der Waals surface area contributed by atoms with Crippen molar-refractivity contribution in [1.82, 2.24) is 24.5 Å². The van der Waals surface area contributed by atoms with Crippen LogP contribution in [0.5, 0.6) is 0 Å². The first-order valence-corrected chi connectivity index (χ1v) is 8.79. The van der Waals surface area contributed by atoms with Crippen molar-refractivity contribution in [2.75, 3.05) is 44.3 Å². The van der Waals surface area contributed by atoms with Crippen molar-refractivity contribution in [3.8, 4) is 0 Å². The predicted octanol–water partition coefficient (Wildman–Crippen LogP) is 0.181. The summed E-state index contributed by atoms with van der Waals surface area (Å²) in [4.78, 5) is 44.3. The van der Waals surface area contributed by atoms with Gasteiger partial charge in [0.05, 0.1) is 13.2 Å². The molecule has 1 N–H and O–H groups in total. The van der Waals surface area contributed by atoms with Gasteiger partial charge in [-0.05, 0) is 20.8 Å². The normalized spacial score (nSPS) is 14.5. The molecule has 0 aromatic carbocycles. The predicted molar refractivity (Wildman–Crippen MR) is 95.1 cm³/mol. The molecule has 0 aliphatic carbocycles. The molecule has 0 spiro atoms. The lowest BCUT2D eigenvalue weighted by molar-refractivity contribution is 0.0518. The molecular weight excluding hydrogens is 356 g/mol. The van der Waals surface area contributed by atoms with Crippen LogP contribution in [0.4, 0.5) is 10.7 Å². The molecule has 146 valence electrons. The zero-order valence-electron chi connectivity index (χ0n) is 15.5. The summed E-state index contributed by atoms with van der Waals surface area (Å²) in [5.74, 6) is -0.0882. The summed E-state index contributed by atoms with van der Waals surface area (Å²) >= 11 is 0. The lowest BCUT2D eigenvalue weighted by Gasteiger charge is -2.33. The number of H-pyrrole nitrogens is 1. The van der Waals surface area contributed by atoms with Gasteiger partial charge in [0.1, 0.15) is 0 Å². The zero-order valence-corrected chi connectivity index (χ0v) is 15.5. The molecule has 2 aromatic rings. The molecule has 11 heteroatoms. The Labute approximate surface area is 154 Å². The maximum absolute atomic E-state index is 12.8. The highest BCUT2D eigenvalue weighted by atomic mass is 16.6. The Morgan fingerprint density at radius 1 is 1.11 bits per heavy atom. The van der Waals surface area contributed by atoms with Crippen LogP contribution < -0.4 is 10.5 Å². The summed E-state index contributed by atoms with van der Waals surface area (Å²) < 4.78 is 11.3. The fourth-order valence-corrected chi connectivity index (χ4v) is 2.93. The van der Waals surface area contributed by atoms with Crippen LogP contribution in [0.2, 0.25) is 0 Å². The van der Waals surface area contributed by atoms with Crippen LogP contribution in [-0.4, -0.2) is 75.9 Å². The van der Waals surface area contributed by atoms with E-state index in [-0.39, 0.29) is 35.3 Å². The van der Waals surface area contributed by atoms with Crippen LogP contribution in [0.15, 0.2) is 4.79 Å². The van der Waals surface area contributed by atoms with Gasteiger partial charge in [0.2, 0.25) is 11.7 Å². The molecule has 0 radical (unpaired) electrons. The second-order valence-electron chi connectivity index (χ2n) is 5.97. The van der Waals surface area contributed by atoms with Crippen molar-refractivity contribution in [2.45, 2.75) is 20.8 Å². The molecule has 1 amide bonds. The number of hydrogen-bond acceptors (Lipinski definition) is 8. The molecule has 3 rings (SSSR count). The Morgan fingerprint density at radius 3 is 2.41 bits per heavy atom. The fraction of sp³-hybridized carbons (Fsp3) is 0.562. The summed E-state index contributed by atoms with van der Waals surface area (Å²) in [6.07, 6.45) is -0.349. The Bertz CT molecular complexity index is 912. The van der Waals surface area contributed by atoms with Gasteiger partial charge in [-0.3, -0.25) is 4.79 Å². The topological polar surface area (TPSA) is 122 Å². The second-order valence-corrected chi connectivity index (χ2v) is 5.97. The zero-order chi connectivity index (χ0) is 19.6. The summed E-state index contributed by atoms with van der Waals surface area (Å²) in [5.41, 5.74) is -0.220. The van der Waals surface area contributed by atoms with Gasteiger partial charge in [0.25, 0.3) is 5.56 Å². The van der Waals surface area contributed by atoms with E-state index in [9.17, 15) is 14.4 Å². The molecule has 0 saturated carbocycles. The van der Waals surface area contributed by atoms with Crippen molar-refractivity contribution < 1.29 is 19.1 Å². The maximum atomic E-state index is 12.8. The van der Waals surface area contributed by atoms with Crippen molar-refractivity contribution in [3.63, 3.8) is 0 Å². The average Bonchev–Trinajstić information content (AvgIpc) is 3.09. The number of piperazine rings is 1. The van der Waals surface area contributed by atoms with E-state index in [4.69, 9.17) is 9.47 Å². The van der Waals surface area contributed by atoms with Gasteiger partial charge >= 0.3 is 12.1 Å². The molecule has 0 unspecified atom stereocenters. The Kier molecular flexibility index (Phi) is 5.28. The molecule has 2 aromatic heterocycles. The monoisotopic (exact) mass is 378 g/mol. The average molecular weight is 378 g/mol. The highest BCUT2D eigenvalue weighted by Crippen LogP contribution is 2.15. The van der Waals surface area contributed by atoms with E-state index in [0.29, 0.717) is 38.7 Å². The van der Waals surface area contributed by atoms with Crippen molar-refractivity contribution in [3.05, 3.63) is 21.6 Å². The minimum absolute atomic E-state index is 0.0239. The third kappa shape index (κ3) is 3.44. The minimum Gasteiger partial charge on any atom is -0.461 e. The van der Waals surface area contributed by atoms with Crippen LogP contribution in [0.1, 0.15) is 29.9 Å². The van der Waals surface area contributed by atoms with Gasteiger partial charge in [-0.25, -0.2) is 24.1 Å². The molecule has 3 heterocycles. The molecule has 1 aliphatic heterocycles. The number of esters is 1. The SMILES string of the molecule is CCOC(=O)c1nc2[nH]nc(N3CCN(C(=O)OCC)CC3)n2c(=O)c1C. The molecule has 1 saturated heterocycles. The van der Waals surface area contributed by atoms with Crippen LogP contribution in [0.25, 0.3) is 5.78 Å². The first-order chi connectivity index (χ1) is 13.0. The quantitative estimate of drug-likeness (QED) is 0.748. The van der Waals surface area contributed by atoms with E-state index in [2.05, 4.69) is 15.2 Å². The molecule has 0 bridgehead atoms. The Hall–Kier alpha value is -3.11. The molecule has 11 nitrogen and oxygen atoms in total. The number of aromatic nitrogens is 4. The third-order valence-corrected chi connectivity index (χ3v) is 4.32. The summed E-state index contributed by atoms with van der Waals surface area (Å²) in [5, 5.41) is 6.88. The van der Waals surface area contributed by atoms with Crippen LogP contribution in [0, 0.1) is 6.92 Å². The molecule has 0 atom stereocenters. The molecule has 1 aliphatic rings. The number of carbonyl (C=O) groups is 2.